The molecular weight excluding hydrogens is 188 g/mol. The van der Waals surface area contributed by atoms with Gasteiger partial charge in [0.25, 0.3) is 5.76 Å². The molecule has 12 heavy (non-hydrogen) atoms. The molecule has 0 aromatic heterocycles. The fourth-order valence-corrected chi connectivity index (χ4v) is 0.983. The maximum atomic E-state index is 11.6. The highest BCUT2D eigenvalue weighted by molar-refractivity contribution is 7.99. The molecule has 0 saturated carbocycles. The number of alkyl halides is 2. The van der Waals surface area contributed by atoms with Gasteiger partial charge in [0, 0.05) is 5.75 Å². The first-order chi connectivity index (χ1) is 5.57. The molecule has 1 atom stereocenters. The first-order valence-corrected chi connectivity index (χ1v) is 4.44. The third-order valence-electron chi connectivity index (χ3n) is 0.991. The quantitative estimate of drug-likeness (QED) is 0.666. The average molecular weight is 199 g/mol. The predicted octanol–water partition coefficient (Wildman–Crippen LogP) is 0.833. The molecule has 0 amide bonds. The summed E-state index contributed by atoms with van der Waals surface area (Å²) in [7, 11) is 0. The zero-order valence-electron chi connectivity index (χ0n) is 6.63. The highest BCUT2D eigenvalue weighted by Gasteiger charge is 2.16. The zero-order chi connectivity index (χ0) is 9.56. The van der Waals surface area contributed by atoms with Crippen molar-refractivity contribution in [2.45, 2.75) is 18.7 Å². The number of rotatable bonds is 5. The van der Waals surface area contributed by atoms with Crippen LogP contribution < -0.4 is 5.73 Å². The molecule has 0 aromatic carbocycles. The summed E-state index contributed by atoms with van der Waals surface area (Å²) in [6.07, 6.45) is 0. The van der Waals surface area contributed by atoms with Gasteiger partial charge in [0.05, 0.1) is 6.61 Å². The summed E-state index contributed by atoms with van der Waals surface area (Å²) >= 11 is 0.334. The van der Waals surface area contributed by atoms with Gasteiger partial charge in [-0.15, -0.1) is 0 Å². The summed E-state index contributed by atoms with van der Waals surface area (Å²) in [5.74, 6) is -3.24. The molecular formula is C6H11F2NO2S. The fourth-order valence-electron chi connectivity index (χ4n) is 0.494. The van der Waals surface area contributed by atoms with Crippen LogP contribution in [0.25, 0.3) is 0 Å². The minimum atomic E-state index is -2.49. The Morgan fingerprint density at radius 3 is 2.67 bits per heavy atom. The molecule has 0 heterocycles. The molecule has 72 valence electrons. The lowest BCUT2D eigenvalue weighted by molar-refractivity contribution is -0.144. The van der Waals surface area contributed by atoms with Crippen molar-refractivity contribution in [3.8, 4) is 0 Å². The average Bonchev–Trinajstić information content (AvgIpc) is 2.00. The minimum absolute atomic E-state index is 0.115. The second-order valence-corrected chi connectivity index (χ2v) is 2.98. The maximum absolute atomic E-state index is 11.6. The Kier molecular flexibility index (Phi) is 6.00. The standard InChI is InChI=1S/C6H11F2NO2S/c1-2-11-5(10)4(9)3-12-6(7)8/h4,6H,2-3,9H2,1H3. The molecule has 0 saturated heterocycles. The van der Waals surface area contributed by atoms with Crippen LogP contribution in [0.4, 0.5) is 8.78 Å². The van der Waals surface area contributed by atoms with E-state index in [1.165, 1.54) is 0 Å². The van der Waals surface area contributed by atoms with Crippen molar-refractivity contribution >= 4 is 17.7 Å². The van der Waals surface area contributed by atoms with E-state index in [1.54, 1.807) is 6.92 Å². The van der Waals surface area contributed by atoms with E-state index in [2.05, 4.69) is 4.74 Å². The van der Waals surface area contributed by atoms with E-state index in [0.29, 0.717) is 11.8 Å². The van der Waals surface area contributed by atoms with Crippen molar-refractivity contribution in [1.82, 2.24) is 0 Å². The van der Waals surface area contributed by atoms with Gasteiger partial charge in [0.15, 0.2) is 0 Å². The Bertz CT molecular complexity index is 146. The van der Waals surface area contributed by atoms with Gasteiger partial charge in [-0.3, -0.25) is 4.79 Å². The number of hydrogen-bond donors (Lipinski definition) is 1. The van der Waals surface area contributed by atoms with Crippen LogP contribution in [-0.4, -0.2) is 30.1 Å². The molecule has 2 N–H and O–H groups in total. The van der Waals surface area contributed by atoms with Gasteiger partial charge >= 0.3 is 5.97 Å². The third-order valence-corrected chi connectivity index (χ3v) is 1.79. The minimum Gasteiger partial charge on any atom is -0.465 e. The lowest BCUT2D eigenvalue weighted by Crippen LogP contribution is -2.34. The third kappa shape index (κ3) is 5.31. The topological polar surface area (TPSA) is 52.3 Å². The molecule has 0 aliphatic rings. The van der Waals surface area contributed by atoms with Crippen molar-refractivity contribution in [3.05, 3.63) is 0 Å². The zero-order valence-corrected chi connectivity index (χ0v) is 7.44. The molecule has 0 bridgehead atoms. The molecule has 0 fully saturated rings. The van der Waals surface area contributed by atoms with Crippen LogP contribution in [0.3, 0.4) is 0 Å². The normalized spacial score (nSPS) is 13.1. The summed E-state index contributed by atoms with van der Waals surface area (Å²) in [6.45, 7) is 1.84. The maximum Gasteiger partial charge on any atom is 0.323 e. The van der Waals surface area contributed by atoms with E-state index in [9.17, 15) is 13.6 Å². The van der Waals surface area contributed by atoms with E-state index in [0.717, 1.165) is 0 Å². The van der Waals surface area contributed by atoms with Gasteiger partial charge in [0.1, 0.15) is 6.04 Å². The molecule has 3 nitrogen and oxygen atoms in total. The smallest absolute Gasteiger partial charge is 0.323 e. The molecule has 0 aliphatic heterocycles. The van der Waals surface area contributed by atoms with Crippen molar-refractivity contribution in [2.75, 3.05) is 12.4 Å². The van der Waals surface area contributed by atoms with Gasteiger partial charge in [-0.2, -0.15) is 8.78 Å². The van der Waals surface area contributed by atoms with Crippen LogP contribution in [0.2, 0.25) is 0 Å². The van der Waals surface area contributed by atoms with E-state index in [1.807, 2.05) is 0 Å². The summed E-state index contributed by atoms with van der Waals surface area (Å²) in [5.41, 5.74) is 5.22. The largest absolute Gasteiger partial charge is 0.465 e. The van der Waals surface area contributed by atoms with Crippen LogP contribution in [-0.2, 0) is 9.53 Å². The second kappa shape index (κ2) is 6.19. The number of nitrogens with two attached hydrogens (primary N) is 1. The molecule has 0 radical (unpaired) electrons. The lowest BCUT2D eigenvalue weighted by atomic mass is 10.4. The summed E-state index contributed by atoms with van der Waals surface area (Å²) in [4.78, 5) is 10.8. The Morgan fingerprint density at radius 1 is 1.67 bits per heavy atom. The van der Waals surface area contributed by atoms with E-state index in [-0.39, 0.29) is 12.4 Å². The number of ether oxygens (including phenoxy) is 1. The van der Waals surface area contributed by atoms with Crippen LogP contribution in [0, 0.1) is 0 Å². The molecule has 6 heteroatoms. The summed E-state index contributed by atoms with van der Waals surface area (Å²) in [5, 5.41) is 0. The molecule has 0 spiro atoms. The van der Waals surface area contributed by atoms with Crippen molar-refractivity contribution in [3.63, 3.8) is 0 Å². The van der Waals surface area contributed by atoms with Crippen LogP contribution in [0.15, 0.2) is 0 Å². The highest BCUT2D eigenvalue weighted by Crippen LogP contribution is 2.13. The Morgan fingerprint density at radius 2 is 2.25 bits per heavy atom. The van der Waals surface area contributed by atoms with Gasteiger partial charge < -0.3 is 10.5 Å². The summed E-state index contributed by atoms with van der Waals surface area (Å²) in [6, 6.07) is -0.955. The van der Waals surface area contributed by atoms with Crippen molar-refractivity contribution in [1.29, 1.82) is 0 Å². The first kappa shape index (κ1) is 11.6. The Hall–Kier alpha value is -0.360. The first-order valence-electron chi connectivity index (χ1n) is 3.40. The van der Waals surface area contributed by atoms with Crippen molar-refractivity contribution in [2.24, 2.45) is 5.73 Å². The van der Waals surface area contributed by atoms with E-state index >= 15 is 0 Å². The van der Waals surface area contributed by atoms with Gasteiger partial charge in [0.2, 0.25) is 0 Å². The number of thioether (sulfide) groups is 1. The number of carbonyl (C=O) groups excluding carboxylic acids is 1. The fraction of sp³-hybridized carbons (Fsp3) is 0.833. The Labute approximate surface area is 73.6 Å². The van der Waals surface area contributed by atoms with Crippen LogP contribution >= 0.6 is 11.8 Å². The highest BCUT2D eigenvalue weighted by atomic mass is 32.2. The van der Waals surface area contributed by atoms with Crippen LogP contribution in [0.5, 0.6) is 0 Å². The molecule has 1 unspecified atom stereocenters. The summed E-state index contributed by atoms with van der Waals surface area (Å²) < 4.78 is 27.7. The lowest BCUT2D eigenvalue weighted by Gasteiger charge is -2.08. The SMILES string of the molecule is CCOC(=O)C(N)CSC(F)F. The van der Waals surface area contributed by atoms with Gasteiger partial charge in [-0.1, -0.05) is 11.8 Å². The van der Waals surface area contributed by atoms with Gasteiger partial charge in [-0.05, 0) is 6.92 Å². The van der Waals surface area contributed by atoms with Crippen molar-refractivity contribution < 1.29 is 18.3 Å². The number of halogens is 2. The predicted molar refractivity (Wildman–Crippen MR) is 43.1 cm³/mol. The van der Waals surface area contributed by atoms with E-state index < -0.39 is 17.8 Å². The van der Waals surface area contributed by atoms with Crippen LogP contribution in [0.1, 0.15) is 6.92 Å². The molecule has 0 aliphatic carbocycles. The monoisotopic (exact) mass is 199 g/mol. The Balaban J connectivity index is 3.56. The number of hydrogen-bond acceptors (Lipinski definition) is 4. The molecule has 0 aromatic rings. The molecule has 0 rings (SSSR count). The number of carbonyl (C=O) groups is 1. The van der Waals surface area contributed by atoms with Gasteiger partial charge in [-0.25, -0.2) is 0 Å². The van der Waals surface area contributed by atoms with E-state index in [4.69, 9.17) is 5.73 Å². The number of esters is 1. The second-order valence-electron chi connectivity index (χ2n) is 1.95.